The number of imide groups is 1. The monoisotopic (exact) mass is 316 g/mol. The number of hydrogen-bond acceptors (Lipinski definition) is 5. The molecule has 1 aromatic carbocycles. The lowest BCUT2D eigenvalue weighted by atomic mass is 10.1. The van der Waals surface area contributed by atoms with Crippen molar-refractivity contribution in [3.63, 3.8) is 0 Å². The Labute approximate surface area is 132 Å². The average Bonchev–Trinajstić information content (AvgIpc) is 2.86. The van der Waals surface area contributed by atoms with E-state index < -0.39 is 18.2 Å². The maximum Gasteiger partial charge on any atom is 0.325 e. The molecule has 1 aromatic rings. The molecule has 0 spiro atoms. The zero-order valence-electron chi connectivity index (χ0n) is 12.1. The predicted octanol–water partition coefficient (Wildman–Crippen LogP) is 1.51. The second kappa shape index (κ2) is 5.84. The van der Waals surface area contributed by atoms with Gasteiger partial charge in [0.05, 0.1) is 0 Å². The maximum absolute atomic E-state index is 12.2. The second-order valence-electron chi connectivity index (χ2n) is 5.03. The normalized spacial score (nSPS) is 24.0. The number of amides is 3. The van der Waals surface area contributed by atoms with Gasteiger partial charge < -0.3 is 9.80 Å². The summed E-state index contributed by atoms with van der Waals surface area (Å²) < 4.78 is 0. The van der Waals surface area contributed by atoms with E-state index in [0.29, 0.717) is 6.54 Å². The summed E-state index contributed by atoms with van der Waals surface area (Å²) in [6.45, 7) is 4.24. The highest BCUT2D eigenvalue weighted by Gasteiger charge is 2.48. The van der Waals surface area contributed by atoms with E-state index in [9.17, 15) is 9.59 Å². The molecule has 2 aliphatic heterocycles. The lowest BCUT2D eigenvalue weighted by Crippen LogP contribution is -2.63. The summed E-state index contributed by atoms with van der Waals surface area (Å²) in [4.78, 5) is 32.9. The van der Waals surface area contributed by atoms with Crippen molar-refractivity contribution in [3.8, 4) is 0 Å². The van der Waals surface area contributed by atoms with Crippen LogP contribution < -0.4 is 5.32 Å². The standard InChI is InChI=1S/C15H16N4O2S/c1-3-9-19-11-12(18(2)14(21)17-13(11)20)16-15(19)22-10-7-5-4-6-8-10/h3-8,11-12H,1,9H2,2H3,(H,17,20,21). The number of thioether (sulfide) groups is 1. The van der Waals surface area contributed by atoms with E-state index in [0.717, 1.165) is 10.1 Å². The first-order chi connectivity index (χ1) is 10.6. The summed E-state index contributed by atoms with van der Waals surface area (Å²) >= 11 is 1.48. The van der Waals surface area contributed by atoms with E-state index in [1.165, 1.54) is 16.7 Å². The highest BCUT2D eigenvalue weighted by atomic mass is 32.2. The van der Waals surface area contributed by atoms with Gasteiger partial charge in [0, 0.05) is 18.5 Å². The number of carbonyl (C=O) groups is 2. The van der Waals surface area contributed by atoms with Gasteiger partial charge in [-0.15, -0.1) is 6.58 Å². The lowest BCUT2D eigenvalue weighted by Gasteiger charge is -2.35. The van der Waals surface area contributed by atoms with Crippen LogP contribution in [-0.4, -0.2) is 52.7 Å². The largest absolute Gasteiger partial charge is 0.332 e. The second-order valence-corrected chi connectivity index (χ2v) is 6.07. The van der Waals surface area contributed by atoms with Crippen LogP contribution in [0.25, 0.3) is 0 Å². The van der Waals surface area contributed by atoms with Gasteiger partial charge in [-0.2, -0.15) is 0 Å². The first-order valence-corrected chi connectivity index (χ1v) is 7.69. The number of fused-ring (bicyclic) bond motifs is 1. The third-order valence-electron chi connectivity index (χ3n) is 3.60. The average molecular weight is 316 g/mol. The molecule has 1 saturated heterocycles. The van der Waals surface area contributed by atoms with E-state index in [1.807, 2.05) is 35.2 Å². The van der Waals surface area contributed by atoms with Crippen molar-refractivity contribution >= 4 is 28.9 Å². The third kappa shape index (κ3) is 2.48. The molecule has 2 aliphatic rings. The van der Waals surface area contributed by atoms with Crippen LogP contribution in [0, 0.1) is 0 Å². The zero-order chi connectivity index (χ0) is 15.7. The lowest BCUT2D eigenvalue weighted by molar-refractivity contribution is -0.126. The number of likely N-dealkylation sites (N-methyl/N-ethyl adjacent to an activating group) is 1. The number of benzene rings is 1. The van der Waals surface area contributed by atoms with Crippen molar-refractivity contribution in [1.82, 2.24) is 15.1 Å². The number of rotatable bonds is 3. The molecular weight excluding hydrogens is 300 g/mol. The Bertz CT molecular complexity index is 646. The minimum Gasteiger partial charge on any atom is -0.332 e. The molecule has 0 aliphatic carbocycles. The Balaban J connectivity index is 1.92. The van der Waals surface area contributed by atoms with Crippen molar-refractivity contribution in [2.24, 2.45) is 4.99 Å². The third-order valence-corrected chi connectivity index (χ3v) is 4.63. The van der Waals surface area contributed by atoms with Gasteiger partial charge in [-0.1, -0.05) is 36.0 Å². The highest BCUT2D eigenvalue weighted by Crippen LogP contribution is 2.31. The molecule has 0 bridgehead atoms. The summed E-state index contributed by atoms with van der Waals surface area (Å²) in [5.41, 5.74) is 0. The number of carbonyl (C=O) groups excluding carboxylic acids is 2. The minimum absolute atomic E-state index is 0.317. The van der Waals surface area contributed by atoms with Crippen LogP contribution >= 0.6 is 11.8 Å². The first kappa shape index (κ1) is 14.6. The molecule has 22 heavy (non-hydrogen) atoms. The summed E-state index contributed by atoms with van der Waals surface area (Å²) in [6.07, 6.45) is 1.24. The number of hydrogen-bond donors (Lipinski definition) is 1. The quantitative estimate of drug-likeness (QED) is 0.859. The number of aliphatic imine (C=N–C) groups is 1. The molecule has 7 heteroatoms. The van der Waals surface area contributed by atoms with Gasteiger partial charge in [-0.25, -0.2) is 9.79 Å². The highest BCUT2D eigenvalue weighted by molar-refractivity contribution is 8.13. The van der Waals surface area contributed by atoms with Crippen LogP contribution in [0.3, 0.4) is 0 Å². The van der Waals surface area contributed by atoms with Crippen molar-refractivity contribution in [3.05, 3.63) is 43.0 Å². The Morgan fingerprint density at radius 3 is 2.77 bits per heavy atom. The van der Waals surface area contributed by atoms with Crippen LogP contribution in [0.1, 0.15) is 0 Å². The van der Waals surface area contributed by atoms with Crippen molar-refractivity contribution < 1.29 is 9.59 Å². The van der Waals surface area contributed by atoms with Gasteiger partial charge in [0.1, 0.15) is 0 Å². The van der Waals surface area contributed by atoms with Crippen LogP contribution in [0.4, 0.5) is 4.79 Å². The molecule has 3 amide bonds. The molecule has 1 N–H and O–H groups in total. The fourth-order valence-electron chi connectivity index (χ4n) is 2.51. The summed E-state index contributed by atoms with van der Waals surface area (Å²) in [7, 11) is 1.64. The smallest absolute Gasteiger partial charge is 0.325 e. The van der Waals surface area contributed by atoms with E-state index in [-0.39, 0.29) is 5.91 Å². The Morgan fingerprint density at radius 1 is 1.36 bits per heavy atom. The molecule has 0 saturated carbocycles. The first-order valence-electron chi connectivity index (χ1n) is 6.87. The van der Waals surface area contributed by atoms with Gasteiger partial charge in [0.2, 0.25) is 0 Å². The van der Waals surface area contributed by atoms with Gasteiger partial charge >= 0.3 is 6.03 Å². The van der Waals surface area contributed by atoms with Gasteiger partial charge in [0.25, 0.3) is 5.91 Å². The number of amidine groups is 1. The van der Waals surface area contributed by atoms with Gasteiger partial charge in [-0.05, 0) is 12.1 Å². The molecule has 6 nitrogen and oxygen atoms in total. The molecular formula is C15H16N4O2S. The minimum atomic E-state index is -0.507. The number of urea groups is 1. The van der Waals surface area contributed by atoms with Crippen molar-refractivity contribution in [2.75, 3.05) is 13.6 Å². The molecule has 3 rings (SSSR count). The molecule has 0 aromatic heterocycles. The fraction of sp³-hybridized carbons (Fsp3) is 0.267. The molecule has 2 atom stereocenters. The van der Waals surface area contributed by atoms with E-state index >= 15 is 0 Å². The van der Waals surface area contributed by atoms with Crippen LogP contribution in [0.15, 0.2) is 52.9 Å². The van der Waals surface area contributed by atoms with E-state index in [2.05, 4.69) is 16.9 Å². The Kier molecular flexibility index (Phi) is 3.89. The van der Waals surface area contributed by atoms with E-state index in [1.54, 1.807) is 13.1 Å². The van der Waals surface area contributed by atoms with Crippen LogP contribution in [0.5, 0.6) is 0 Å². The molecule has 1 fully saturated rings. The summed E-state index contributed by atoms with van der Waals surface area (Å²) in [6, 6.07) is 8.89. The molecule has 2 heterocycles. The maximum atomic E-state index is 12.2. The number of nitrogens with one attached hydrogen (secondary N) is 1. The van der Waals surface area contributed by atoms with Crippen molar-refractivity contribution in [2.45, 2.75) is 17.1 Å². The van der Waals surface area contributed by atoms with Crippen LogP contribution in [-0.2, 0) is 4.79 Å². The predicted molar refractivity (Wildman–Crippen MR) is 85.5 cm³/mol. The molecule has 2 unspecified atom stereocenters. The van der Waals surface area contributed by atoms with Gasteiger partial charge in [0.15, 0.2) is 17.4 Å². The summed E-state index contributed by atoms with van der Waals surface area (Å²) in [5, 5.41) is 3.08. The van der Waals surface area contributed by atoms with Gasteiger partial charge in [-0.3, -0.25) is 10.1 Å². The van der Waals surface area contributed by atoms with E-state index in [4.69, 9.17) is 0 Å². The SMILES string of the molecule is C=CCN1C(Sc2ccccc2)=NC2C1C(=O)NC(=O)N2C. The zero-order valence-corrected chi connectivity index (χ0v) is 12.9. The molecule has 114 valence electrons. The molecule has 0 radical (unpaired) electrons. The van der Waals surface area contributed by atoms with Crippen molar-refractivity contribution in [1.29, 1.82) is 0 Å². The number of nitrogens with zero attached hydrogens (tertiary/aromatic N) is 3. The Morgan fingerprint density at radius 2 is 2.09 bits per heavy atom. The Hall–Kier alpha value is -2.28. The summed E-state index contributed by atoms with van der Waals surface area (Å²) in [5.74, 6) is -0.317. The fourth-order valence-corrected chi connectivity index (χ4v) is 3.48. The topological polar surface area (TPSA) is 65.0 Å². The van der Waals surface area contributed by atoms with Crippen LogP contribution in [0.2, 0.25) is 0 Å².